The minimum absolute atomic E-state index is 0.327. The van der Waals surface area contributed by atoms with E-state index >= 15 is 0 Å². The van der Waals surface area contributed by atoms with E-state index in [1.807, 2.05) is 31.2 Å². The number of halogens is 2. The predicted octanol–water partition coefficient (Wildman–Crippen LogP) is 4.46. The van der Waals surface area contributed by atoms with Gasteiger partial charge in [-0.25, -0.2) is 13.8 Å². The van der Waals surface area contributed by atoms with Gasteiger partial charge in [-0.15, -0.1) is 0 Å². The molecule has 1 aromatic heterocycles. The van der Waals surface area contributed by atoms with E-state index in [1.54, 1.807) is 0 Å². The zero-order valence-corrected chi connectivity index (χ0v) is 13.8. The maximum atomic E-state index is 13.3. The van der Waals surface area contributed by atoms with Crippen LogP contribution in [0.15, 0.2) is 54.6 Å². The molecule has 0 unspecified atom stereocenters. The molecule has 0 spiro atoms. The number of hydrogen-bond donors (Lipinski definition) is 2. The Morgan fingerprint density at radius 2 is 1.72 bits per heavy atom. The van der Waals surface area contributed by atoms with Crippen molar-refractivity contribution in [3.8, 4) is 0 Å². The lowest BCUT2D eigenvalue weighted by atomic mass is 10.1. The van der Waals surface area contributed by atoms with Crippen LogP contribution >= 0.6 is 0 Å². The lowest BCUT2D eigenvalue weighted by Crippen LogP contribution is -2.08. The van der Waals surface area contributed by atoms with E-state index in [2.05, 4.69) is 32.7 Å². The fraction of sp³-hybridized carbons (Fsp3) is 0.158. The van der Waals surface area contributed by atoms with Crippen LogP contribution in [0.2, 0.25) is 0 Å². The van der Waals surface area contributed by atoms with Gasteiger partial charge in [0.1, 0.15) is 5.82 Å². The van der Waals surface area contributed by atoms with Gasteiger partial charge in [0.25, 0.3) is 0 Å². The van der Waals surface area contributed by atoms with Crippen molar-refractivity contribution in [2.75, 3.05) is 17.2 Å². The molecule has 4 nitrogen and oxygen atoms in total. The molecule has 6 heteroatoms. The van der Waals surface area contributed by atoms with Crippen molar-refractivity contribution in [1.82, 2.24) is 9.97 Å². The van der Waals surface area contributed by atoms with Crippen molar-refractivity contribution in [1.29, 1.82) is 0 Å². The minimum atomic E-state index is -0.918. The maximum absolute atomic E-state index is 13.3. The van der Waals surface area contributed by atoms with Crippen LogP contribution in [0.25, 0.3) is 0 Å². The van der Waals surface area contributed by atoms with Crippen LogP contribution in [0.5, 0.6) is 0 Å². The van der Waals surface area contributed by atoms with E-state index in [4.69, 9.17) is 0 Å². The Hall–Kier alpha value is -3.02. The summed E-state index contributed by atoms with van der Waals surface area (Å²) in [4.78, 5) is 8.63. The maximum Gasteiger partial charge on any atom is 0.229 e. The number of hydrogen-bond acceptors (Lipinski definition) is 4. The number of nitrogens with zero attached hydrogens (tertiary/aromatic N) is 2. The Morgan fingerprint density at radius 3 is 2.48 bits per heavy atom. The Morgan fingerprint density at radius 1 is 0.920 bits per heavy atom. The highest BCUT2D eigenvalue weighted by Gasteiger charge is 2.06. The molecule has 3 aromatic rings. The molecule has 0 amide bonds. The molecule has 3 rings (SSSR count). The monoisotopic (exact) mass is 340 g/mol. The number of aromatic nitrogens is 2. The quantitative estimate of drug-likeness (QED) is 0.695. The summed E-state index contributed by atoms with van der Waals surface area (Å²) in [5, 5.41) is 6.15. The van der Waals surface area contributed by atoms with E-state index < -0.39 is 11.6 Å². The van der Waals surface area contributed by atoms with Gasteiger partial charge < -0.3 is 10.6 Å². The molecule has 0 radical (unpaired) electrons. The number of anilines is 3. The molecule has 2 N–H and O–H groups in total. The van der Waals surface area contributed by atoms with Crippen LogP contribution in [0, 0.1) is 18.6 Å². The Labute approximate surface area is 145 Å². The molecule has 0 bridgehead atoms. The average molecular weight is 340 g/mol. The van der Waals surface area contributed by atoms with Gasteiger partial charge >= 0.3 is 0 Å². The van der Waals surface area contributed by atoms with Crippen molar-refractivity contribution < 1.29 is 8.78 Å². The first kappa shape index (κ1) is 16.8. The Balaban J connectivity index is 1.66. The largest absolute Gasteiger partial charge is 0.370 e. The molecule has 0 atom stereocenters. The summed E-state index contributed by atoms with van der Waals surface area (Å²) in [5.41, 5.74) is 2.39. The first-order valence-corrected chi connectivity index (χ1v) is 7.96. The molecule has 0 aliphatic rings. The van der Waals surface area contributed by atoms with Crippen LogP contribution in [-0.4, -0.2) is 16.5 Å². The molecule has 0 aliphatic heterocycles. The van der Waals surface area contributed by atoms with Crippen LogP contribution in [0.1, 0.15) is 11.3 Å². The van der Waals surface area contributed by atoms with Crippen LogP contribution in [0.4, 0.5) is 26.2 Å². The molecular formula is C19H18F2N4. The topological polar surface area (TPSA) is 49.8 Å². The zero-order valence-electron chi connectivity index (χ0n) is 13.8. The normalized spacial score (nSPS) is 10.5. The predicted molar refractivity (Wildman–Crippen MR) is 95.0 cm³/mol. The van der Waals surface area contributed by atoms with Gasteiger partial charge in [0, 0.05) is 30.1 Å². The standard InChI is InChI=1S/C19H18F2N4/c1-13-11-18(22-10-9-14-5-3-2-4-6-14)25-19(23-13)24-15-7-8-16(20)17(21)12-15/h2-8,11-12H,9-10H2,1H3,(H2,22,23,24,25). The second-order valence-electron chi connectivity index (χ2n) is 5.63. The molecule has 25 heavy (non-hydrogen) atoms. The summed E-state index contributed by atoms with van der Waals surface area (Å²) in [6.45, 7) is 2.57. The van der Waals surface area contributed by atoms with Gasteiger partial charge in [-0.3, -0.25) is 0 Å². The van der Waals surface area contributed by atoms with Crippen molar-refractivity contribution in [3.63, 3.8) is 0 Å². The number of rotatable bonds is 6. The van der Waals surface area contributed by atoms with Crippen LogP contribution in [-0.2, 0) is 6.42 Å². The Kier molecular flexibility index (Phi) is 5.18. The van der Waals surface area contributed by atoms with Crippen molar-refractivity contribution >= 4 is 17.5 Å². The lowest BCUT2D eigenvalue weighted by molar-refractivity contribution is 0.509. The third-order valence-corrected chi connectivity index (χ3v) is 3.59. The number of aryl methyl sites for hydroxylation is 1. The summed E-state index contributed by atoms with van der Waals surface area (Å²) < 4.78 is 26.3. The third kappa shape index (κ3) is 4.73. The van der Waals surface area contributed by atoms with Crippen molar-refractivity contribution in [2.45, 2.75) is 13.3 Å². The zero-order chi connectivity index (χ0) is 17.6. The highest BCUT2D eigenvalue weighted by Crippen LogP contribution is 2.18. The second kappa shape index (κ2) is 7.70. The molecule has 2 aromatic carbocycles. The van der Waals surface area contributed by atoms with Crippen molar-refractivity contribution in [3.05, 3.63) is 77.5 Å². The summed E-state index contributed by atoms with van der Waals surface area (Å²) in [7, 11) is 0. The second-order valence-corrected chi connectivity index (χ2v) is 5.63. The first-order valence-electron chi connectivity index (χ1n) is 7.96. The highest BCUT2D eigenvalue weighted by molar-refractivity contribution is 5.55. The van der Waals surface area contributed by atoms with E-state index in [9.17, 15) is 8.78 Å². The molecule has 0 saturated heterocycles. The summed E-state index contributed by atoms with van der Waals surface area (Å²) in [6.07, 6.45) is 0.871. The van der Waals surface area contributed by atoms with E-state index in [0.29, 0.717) is 17.5 Å². The van der Waals surface area contributed by atoms with Gasteiger partial charge in [0.05, 0.1) is 0 Å². The minimum Gasteiger partial charge on any atom is -0.370 e. The van der Waals surface area contributed by atoms with Gasteiger partial charge in [-0.1, -0.05) is 30.3 Å². The number of nitrogens with one attached hydrogen (secondary N) is 2. The highest BCUT2D eigenvalue weighted by atomic mass is 19.2. The molecule has 0 aliphatic carbocycles. The third-order valence-electron chi connectivity index (χ3n) is 3.59. The SMILES string of the molecule is Cc1cc(NCCc2ccccc2)nc(Nc2ccc(F)c(F)c2)n1. The number of benzene rings is 2. The van der Waals surface area contributed by atoms with E-state index in [-0.39, 0.29) is 0 Å². The average Bonchev–Trinajstić information content (AvgIpc) is 2.59. The summed E-state index contributed by atoms with van der Waals surface area (Å²) >= 11 is 0. The van der Waals surface area contributed by atoms with Gasteiger partial charge in [-0.2, -0.15) is 4.98 Å². The first-order chi connectivity index (χ1) is 12.1. The fourth-order valence-electron chi connectivity index (χ4n) is 2.40. The fourth-order valence-corrected chi connectivity index (χ4v) is 2.40. The van der Waals surface area contributed by atoms with E-state index in [1.165, 1.54) is 11.6 Å². The summed E-state index contributed by atoms with van der Waals surface area (Å²) in [6, 6.07) is 15.6. The molecule has 0 fully saturated rings. The van der Waals surface area contributed by atoms with Crippen LogP contribution < -0.4 is 10.6 Å². The lowest BCUT2D eigenvalue weighted by Gasteiger charge is -2.10. The molecule has 128 valence electrons. The molecule has 1 heterocycles. The molecular weight excluding hydrogens is 322 g/mol. The molecule has 0 saturated carbocycles. The van der Waals surface area contributed by atoms with Gasteiger partial charge in [-0.05, 0) is 31.0 Å². The van der Waals surface area contributed by atoms with Crippen molar-refractivity contribution in [2.24, 2.45) is 0 Å². The van der Waals surface area contributed by atoms with Gasteiger partial charge in [0.2, 0.25) is 5.95 Å². The Bertz CT molecular complexity index is 853. The smallest absolute Gasteiger partial charge is 0.229 e. The van der Waals surface area contributed by atoms with Crippen LogP contribution in [0.3, 0.4) is 0 Å². The van der Waals surface area contributed by atoms with Gasteiger partial charge in [0.15, 0.2) is 11.6 Å². The van der Waals surface area contributed by atoms with E-state index in [0.717, 1.165) is 30.8 Å². The summed E-state index contributed by atoms with van der Waals surface area (Å²) in [5.74, 6) is -0.806.